The predicted octanol–water partition coefficient (Wildman–Crippen LogP) is 3.30. The Morgan fingerprint density at radius 1 is 1.32 bits per heavy atom. The highest BCUT2D eigenvalue weighted by Crippen LogP contribution is 2.34. The SMILES string of the molecule is CC(=O)N1CCC=C(c2cc(Cl)c3cc(C(=O)N(C)C)[nH]c3c2F)C1. The normalized spacial score (nSPS) is 14.6. The van der Waals surface area contributed by atoms with Gasteiger partial charge < -0.3 is 14.8 Å². The molecule has 0 saturated heterocycles. The standard InChI is InChI=1S/C18H19ClFN3O2/c1-10(24)23-6-4-5-11(9-23)12-7-14(19)13-8-15(18(25)22(2)3)21-17(13)16(12)20/h5,7-8,21H,4,6,9H2,1-3H3. The number of fused-ring (bicyclic) bond motifs is 1. The summed E-state index contributed by atoms with van der Waals surface area (Å²) in [5, 5.41) is 0.828. The van der Waals surface area contributed by atoms with E-state index in [9.17, 15) is 9.59 Å². The molecule has 2 aromatic rings. The first-order valence-electron chi connectivity index (χ1n) is 7.97. The van der Waals surface area contributed by atoms with E-state index in [0.29, 0.717) is 35.5 Å². The fourth-order valence-corrected chi connectivity index (χ4v) is 3.27. The number of amides is 2. The van der Waals surface area contributed by atoms with E-state index < -0.39 is 5.82 Å². The molecule has 0 spiro atoms. The van der Waals surface area contributed by atoms with Crippen LogP contribution in [0.15, 0.2) is 18.2 Å². The third-order valence-electron chi connectivity index (χ3n) is 4.38. The van der Waals surface area contributed by atoms with Crippen molar-refractivity contribution in [2.24, 2.45) is 0 Å². The maximum absolute atomic E-state index is 15.1. The summed E-state index contributed by atoms with van der Waals surface area (Å²) in [6, 6.07) is 3.12. The molecule has 1 aliphatic heterocycles. The van der Waals surface area contributed by atoms with Gasteiger partial charge in [0.1, 0.15) is 5.69 Å². The van der Waals surface area contributed by atoms with Crippen LogP contribution in [0.25, 0.3) is 16.5 Å². The molecule has 1 aromatic carbocycles. The van der Waals surface area contributed by atoms with Gasteiger partial charge in [0.25, 0.3) is 5.91 Å². The van der Waals surface area contributed by atoms with Gasteiger partial charge in [-0.05, 0) is 24.1 Å². The maximum Gasteiger partial charge on any atom is 0.269 e. The van der Waals surface area contributed by atoms with E-state index >= 15 is 4.39 Å². The first kappa shape index (κ1) is 17.5. The molecule has 1 aliphatic rings. The van der Waals surface area contributed by atoms with Gasteiger partial charge in [-0.1, -0.05) is 17.7 Å². The minimum absolute atomic E-state index is 0.0445. The minimum atomic E-state index is -0.464. The lowest BCUT2D eigenvalue weighted by Gasteiger charge is -2.26. The Balaban J connectivity index is 2.09. The van der Waals surface area contributed by atoms with Crippen molar-refractivity contribution in [2.45, 2.75) is 13.3 Å². The third-order valence-corrected chi connectivity index (χ3v) is 4.69. The van der Waals surface area contributed by atoms with Gasteiger partial charge in [0.05, 0.1) is 10.5 Å². The summed E-state index contributed by atoms with van der Waals surface area (Å²) in [6.07, 6.45) is 2.59. The highest BCUT2D eigenvalue weighted by atomic mass is 35.5. The molecule has 3 rings (SSSR count). The highest BCUT2D eigenvalue weighted by molar-refractivity contribution is 6.36. The first-order chi connectivity index (χ1) is 11.8. The van der Waals surface area contributed by atoms with Crippen LogP contribution in [0, 0.1) is 5.82 Å². The Bertz CT molecular complexity index is 901. The van der Waals surface area contributed by atoms with Crippen molar-refractivity contribution in [1.29, 1.82) is 0 Å². The summed E-state index contributed by atoms with van der Waals surface area (Å²) in [6.45, 7) is 2.47. The summed E-state index contributed by atoms with van der Waals surface area (Å²) >= 11 is 6.33. The van der Waals surface area contributed by atoms with Gasteiger partial charge in [0.15, 0.2) is 5.82 Å². The number of nitrogens with zero attached hydrogens (tertiary/aromatic N) is 2. The second-order valence-electron chi connectivity index (χ2n) is 6.35. The van der Waals surface area contributed by atoms with Crippen molar-refractivity contribution in [2.75, 3.05) is 27.2 Å². The molecule has 2 heterocycles. The monoisotopic (exact) mass is 363 g/mol. The summed E-state index contributed by atoms with van der Waals surface area (Å²) in [5.74, 6) is -0.765. The molecule has 25 heavy (non-hydrogen) atoms. The summed E-state index contributed by atoms with van der Waals surface area (Å²) in [4.78, 5) is 29.6. The predicted molar refractivity (Wildman–Crippen MR) is 96.1 cm³/mol. The number of H-pyrrole nitrogens is 1. The van der Waals surface area contributed by atoms with Crippen LogP contribution in [0.2, 0.25) is 5.02 Å². The first-order valence-corrected chi connectivity index (χ1v) is 8.34. The molecular formula is C18H19ClFN3O2. The van der Waals surface area contributed by atoms with E-state index in [1.807, 2.05) is 6.08 Å². The summed E-state index contributed by atoms with van der Waals surface area (Å²) < 4.78 is 15.1. The molecule has 1 N–H and O–H groups in total. The quantitative estimate of drug-likeness (QED) is 0.890. The summed E-state index contributed by atoms with van der Waals surface area (Å²) in [5.41, 5.74) is 1.56. The molecule has 0 saturated carbocycles. The zero-order chi connectivity index (χ0) is 18.3. The van der Waals surface area contributed by atoms with Crippen LogP contribution in [0.3, 0.4) is 0 Å². The summed E-state index contributed by atoms with van der Waals surface area (Å²) in [7, 11) is 3.25. The minimum Gasteiger partial charge on any atom is -0.348 e. The number of rotatable bonds is 2. The number of hydrogen-bond acceptors (Lipinski definition) is 2. The van der Waals surface area contributed by atoms with Crippen LogP contribution in [-0.4, -0.2) is 53.8 Å². The van der Waals surface area contributed by atoms with Gasteiger partial charge in [-0.2, -0.15) is 0 Å². The Labute approximate surface area is 150 Å². The molecule has 0 bridgehead atoms. The van der Waals surface area contributed by atoms with Crippen molar-refractivity contribution in [1.82, 2.24) is 14.8 Å². The van der Waals surface area contributed by atoms with Crippen molar-refractivity contribution >= 4 is 39.9 Å². The Morgan fingerprint density at radius 2 is 2.04 bits per heavy atom. The Morgan fingerprint density at radius 3 is 2.68 bits per heavy atom. The van der Waals surface area contributed by atoms with Crippen LogP contribution >= 0.6 is 11.6 Å². The van der Waals surface area contributed by atoms with Gasteiger partial charge in [-0.25, -0.2) is 4.39 Å². The van der Waals surface area contributed by atoms with E-state index in [1.165, 1.54) is 11.8 Å². The van der Waals surface area contributed by atoms with Gasteiger partial charge in [-0.15, -0.1) is 0 Å². The number of aromatic nitrogens is 1. The smallest absolute Gasteiger partial charge is 0.269 e. The average molecular weight is 364 g/mol. The van der Waals surface area contributed by atoms with Crippen LogP contribution < -0.4 is 0 Å². The topological polar surface area (TPSA) is 56.4 Å². The van der Waals surface area contributed by atoms with Gasteiger partial charge in [-0.3, -0.25) is 9.59 Å². The molecule has 0 unspecified atom stereocenters. The molecule has 5 nitrogen and oxygen atoms in total. The van der Waals surface area contributed by atoms with Crippen molar-refractivity contribution in [3.8, 4) is 0 Å². The van der Waals surface area contributed by atoms with Crippen LogP contribution in [-0.2, 0) is 4.79 Å². The number of hydrogen-bond donors (Lipinski definition) is 1. The second kappa shape index (κ2) is 6.52. The number of carbonyl (C=O) groups excluding carboxylic acids is 2. The molecule has 7 heteroatoms. The van der Waals surface area contributed by atoms with Crippen LogP contribution in [0.1, 0.15) is 29.4 Å². The van der Waals surface area contributed by atoms with E-state index in [2.05, 4.69) is 4.98 Å². The lowest BCUT2D eigenvalue weighted by atomic mass is 9.99. The lowest BCUT2D eigenvalue weighted by molar-refractivity contribution is -0.128. The van der Waals surface area contributed by atoms with E-state index in [0.717, 1.165) is 5.57 Å². The Hall–Kier alpha value is -2.34. The van der Waals surface area contributed by atoms with Crippen molar-refractivity contribution in [3.05, 3.63) is 40.3 Å². The second-order valence-corrected chi connectivity index (χ2v) is 6.76. The molecule has 0 radical (unpaired) electrons. The van der Waals surface area contributed by atoms with Crippen molar-refractivity contribution < 1.29 is 14.0 Å². The van der Waals surface area contributed by atoms with Crippen LogP contribution in [0.5, 0.6) is 0 Å². The largest absolute Gasteiger partial charge is 0.348 e. The van der Waals surface area contributed by atoms with Crippen LogP contribution in [0.4, 0.5) is 4.39 Å². The zero-order valence-electron chi connectivity index (χ0n) is 14.3. The highest BCUT2D eigenvalue weighted by Gasteiger charge is 2.22. The maximum atomic E-state index is 15.1. The van der Waals surface area contributed by atoms with E-state index in [1.54, 1.807) is 31.1 Å². The molecule has 132 valence electrons. The Kier molecular flexibility index (Phi) is 4.56. The number of benzene rings is 1. The molecule has 0 fully saturated rings. The van der Waals surface area contributed by atoms with Gasteiger partial charge >= 0.3 is 0 Å². The van der Waals surface area contributed by atoms with Crippen molar-refractivity contribution in [3.63, 3.8) is 0 Å². The van der Waals surface area contributed by atoms with E-state index in [4.69, 9.17) is 11.6 Å². The lowest BCUT2D eigenvalue weighted by Crippen LogP contribution is -2.33. The molecule has 1 aromatic heterocycles. The van der Waals surface area contributed by atoms with Gasteiger partial charge in [0.2, 0.25) is 5.91 Å². The van der Waals surface area contributed by atoms with Gasteiger partial charge in [0, 0.05) is 45.1 Å². The number of aromatic amines is 1. The number of halogens is 2. The van der Waals surface area contributed by atoms with E-state index in [-0.39, 0.29) is 23.0 Å². The average Bonchev–Trinajstić information content (AvgIpc) is 3.03. The fourth-order valence-electron chi connectivity index (χ4n) is 3.02. The zero-order valence-corrected chi connectivity index (χ0v) is 15.1. The number of nitrogens with one attached hydrogen (secondary N) is 1. The number of carbonyl (C=O) groups is 2. The molecule has 2 amide bonds. The molecule has 0 aliphatic carbocycles. The fraction of sp³-hybridized carbons (Fsp3) is 0.333. The molecule has 0 atom stereocenters. The third kappa shape index (κ3) is 3.14. The molecular weight excluding hydrogens is 345 g/mol.